The molecule has 44 heavy (non-hydrogen) atoms. The normalized spacial score (nSPS) is 15.1. The summed E-state index contributed by atoms with van der Waals surface area (Å²) in [6.45, 7) is 4.25. The second kappa shape index (κ2) is 17.2. The Kier molecular flexibility index (Phi) is 13.1. The lowest BCUT2D eigenvalue weighted by molar-refractivity contribution is 0.414. The van der Waals surface area contributed by atoms with Crippen molar-refractivity contribution in [3.05, 3.63) is 95.8 Å². The van der Waals surface area contributed by atoms with E-state index in [0.29, 0.717) is 22.6 Å². The minimum absolute atomic E-state index is 0.0610. The third-order valence-electron chi connectivity index (χ3n) is 8.71. The van der Waals surface area contributed by atoms with Crippen molar-refractivity contribution in [1.29, 1.82) is 0 Å². The molecule has 0 spiro atoms. The summed E-state index contributed by atoms with van der Waals surface area (Å²) in [6, 6.07) is 12.4. The van der Waals surface area contributed by atoms with Gasteiger partial charge in [-0.25, -0.2) is 13.2 Å². The number of rotatable bonds is 16. The van der Waals surface area contributed by atoms with Gasteiger partial charge in [0.05, 0.1) is 6.26 Å². The smallest absolute Gasteiger partial charge is 0.201 e. The Labute approximate surface area is 261 Å². The summed E-state index contributed by atoms with van der Waals surface area (Å²) >= 11 is 0. The van der Waals surface area contributed by atoms with Crippen LogP contribution in [0.2, 0.25) is 0 Å². The molecule has 0 aliphatic heterocycles. The molecule has 4 rings (SSSR count). The van der Waals surface area contributed by atoms with Gasteiger partial charge >= 0.3 is 0 Å². The Morgan fingerprint density at radius 2 is 1.23 bits per heavy atom. The Morgan fingerprint density at radius 3 is 1.84 bits per heavy atom. The van der Waals surface area contributed by atoms with Crippen LogP contribution >= 0.6 is 0 Å². The maximum Gasteiger partial charge on any atom is 0.201 e. The monoisotopic (exact) mass is 606 g/mol. The van der Waals surface area contributed by atoms with E-state index in [1.165, 1.54) is 76.2 Å². The number of ether oxygens (including phenoxy) is 1. The first-order valence-corrected chi connectivity index (χ1v) is 16.5. The lowest BCUT2D eigenvalue weighted by atomic mass is 9.83. The zero-order chi connectivity index (χ0) is 31.3. The molecule has 1 atom stereocenters. The van der Waals surface area contributed by atoms with Gasteiger partial charge in [-0.15, -0.1) is 0 Å². The largest absolute Gasteiger partial charge is 0.462 e. The molecule has 1 aliphatic rings. The van der Waals surface area contributed by atoms with Crippen molar-refractivity contribution < 1.29 is 22.3 Å². The summed E-state index contributed by atoms with van der Waals surface area (Å²) in [5, 5.41) is 0. The predicted octanol–water partition coefficient (Wildman–Crippen LogP) is 13.0. The molecule has 0 amide bonds. The fourth-order valence-corrected chi connectivity index (χ4v) is 6.01. The van der Waals surface area contributed by atoms with Crippen molar-refractivity contribution in [2.45, 2.75) is 104 Å². The highest BCUT2D eigenvalue weighted by atomic mass is 19.2. The van der Waals surface area contributed by atoms with Gasteiger partial charge in [-0.1, -0.05) is 121 Å². The van der Waals surface area contributed by atoms with E-state index < -0.39 is 23.3 Å². The Balaban J connectivity index is 1.36. The van der Waals surface area contributed by atoms with E-state index in [2.05, 4.69) is 13.0 Å². The molecule has 0 fully saturated rings. The predicted molar refractivity (Wildman–Crippen MR) is 174 cm³/mol. The Bertz CT molecular complexity index is 1410. The van der Waals surface area contributed by atoms with Gasteiger partial charge in [-0.2, -0.15) is 4.39 Å². The zero-order valence-corrected chi connectivity index (χ0v) is 26.2. The van der Waals surface area contributed by atoms with Gasteiger partial charge in [0.15, 0.2) is 23.2 Å². The first kappa shape index (κ1) is 33.6. The molecule has 3 aromatic rings. The van der Waals surface area contributed by atoms with Crippen LogP contribution in [-0.4, -0.2) is 0 Å². The molecule has 5 heteroatoms. The summed E-state index contributed by atoms with van der Waals surface area (Å²) in [4.78, 5) is 0. The molecule has 1 aliphatic carbocycles. The highest BCUT2D eigenvalue weighted by Gasteiger charge is 2.21. The third kappa shape index (κ3) is 8.86. The summed E-state index contributed by atoms with van der Waals surface area (Å²) < 4.78 is 65.3. The van der Waals surface area contributed by atoms with Crippen molar-refractivity contribution >= 4 is 5.57 Å². The van der Waals surface area contributed by atoms with E-state index in [1.54, 1.807) is 42.5 Å². The minimum Gasteiger partial charge on any atom is -0.462 e. The van der Waals surface area contributed by atoms with E-state index in [0.717, 1.165) is 37.7 Å². The van der Waals surface area contributed by atoms with Crippen LogP contribution < -0.4 is 4.74 Å². The molecule has 1 unspecified atom stereocenters. The Hall–Kier alpha value is -3.34. The van der Waals surface area contributed by atoms with Crippen LogP contribution in [0, 0.1) is 29.2 Å². The molecule has 0 bridgehead atoms. The number of benzene rings is 3. The van der Waals surface area contributed by atoms with Crippen LogP contribution in [0.3, 0.4) is 0 Å². The highest BCUT2D eigenvalue weighted by Crippen LogP contribution is 2.37. The lowest BCUT2D eigenvalue weighted by Gasteiger charge is -2.23. The maximum atomic E-state index is 15.3. The van der Waals surface area contributed by atoms with Crippen LogP contribution in [0.15, 0.2) is 66.9 Å². The van der Waals surface area contributed by atoms with Crippen molar-refractivity contribution in [3.63, 3.8) is 0 Å². The van der Waals surface area contributed by atoms with Crippen molar-refractivity contribution in [2.24, 2.45) is 5.92 Å². The summed E-state index contributed by atoms with van der Waals surface area (Å²) in [7, 11) is 0. The van der Waals surface area contributed by atoms with Crippen LogP contribution in [0.1, 0.15) is 109 Å². The molecule has 1 nitrogen and oxygen atoms in total. The number of hydrogen-bond acceptors (Lipinski definition) is 1. The fraction of sp³-hybridized carbons (Fsp3) is 0.436. The van der Waals surface area contributed by atoms with E-state index in [-0.39, 0.29) is 16.9 Å². The SMILES string of the molecule is CCCC=COc1ccc(-c2ccc(-c3ccc(C4=CCC(CCCCCCCCCC)CC4)c(F)c3F)cc2)c(F)c1F. The Morgan fingerprint density at radius 1 is 0.659 bits per heavy atom. The zero-order valence-electron chi connectivity index (χ0n) is 26.2. The molecule has 0 N–H and O–H groups in total. The number of hydrogen-bond donors (Lipinski definition) is 0. The van der Waals surface area contributed by atoms with Gasteiger partial charge in [0.1, 0.15) is 0 Å². The van der Waals surface area contributed by atoms with Crippen LogP contribution in [0.4, 0.5) is 17.6 Å². The topological polar surface area (TPSA) is 9.23 Å². The van der Waals surface area contributed by atoms with Crippen molar-refractivity contribution in [2.75, 3.05) is 0 Å². The van der Waals surface area contributed by atoms with Gasteiger partial charge < -0.3 is 4.74 Å². The number of unbranched alkanes of at least 4 members (excludes halogenated alkanes) is 8. The molecule has 0 radical (unpaired) electrons. The number of allylic oxidation sites excluding steroid dienone is 3. The number of halogens is 4. The van der Waals surface area contributed by atoms with Crippen LogP contribution in [0.5, 0.6) is 5.75 Å². The first-order valence-electron chi connectivity index (χ1n) is 16.5. The van der Waals surface area contributed by atoms with E-state index >= 15 is 8.78 Å². The summed E-state index contributed by atoms with van der Waals surface area (Å²) in [5.74, 6) is -3.41. The molecule has 0 saturated heterocycles. The first-order chi connectivity index (χ1) is 21.4. The molecule has 0 aromatic heterocycles. The summed E-state index contributed by atoms with van der Waals surface area (Å²) in [5.41, 5.74) is 2.28. The molecule has 3 aromatic carbocycles. The second-order valence-electron chi connectivity index (χ2n) is 12.0. The van der Waals surface area contributed by atoms with Gasteiger partial charge in [-0.3, -0.25) is 0 Å². The maximum absolute atomic E-state index is 15.3. The summed E-state index contributed by atoms with van der Waals surface area (Å²) in [6.07, 6.45) is 21.3. The van der Waals surface area contributed by atoms with Gasteiger partial charge in [-0.05, 0) is 66.5 Å². The lowest BCUT2D eigenvalue weighted by Crippen LogP contribution is -2.07. The van der Waals surface area contributed by atoms with Gasteiger partial charge in [0.2, 0.25) is 5.82 Å². The standard InChI is InChI=1S/C39H46F4O/c1-3-5-7-8-9-10-11-12-14-28-15-17-29(18-16-28)32-23-24-33(37(41)36(32)40)30-19-21-31(22-20-30)34-25-26-35(39(43)38(34)42)44-27-13-6-4-2/h13,17,19-28H,3-12,14-16,18H2,1-2H3. The molecule has 0 heterocycles. The van der Waals surface area contributed by atoms with E-state index in [1.807, 2.05) is 6.92 Å². The molecular formula is C39H46F4O. The van der Waals surface area contributed by atoms with E-state index in [4.69, 9.17) is 4.74 Å². The third-order valence-corrected chi connectivity index (χ3v) is 8.71. The minimum atomic E-state index is -1.08. The van der Waals surface area contributed by atoms with Crippen molar-refractivity contribution in [1.82, 2.24) is 0 Å². The van der Waals surface area contributed by atoms with Crippen LogP contribution in [0.25, 0.3) is 27.8 Å². The van der Waals surface area contributed by atoms with Crippen molar-refractivity contribution in [3.8, 4) is 28.0 Å². The average Bonchev–Trinajstić information content (AvgIpc) is 3.04. The van der Waals surface area contributed by atoms with E-state index in [9.17, 15) is 8.78 Å². The highest BCUT2D eigenvalue weighted by molar-refractivity contribution is 5.74. The van der Waals surface area contributed by atoms with Gasteiger partial charge in [0, 0.05) is 16.7 Å². The second-order valence-corrected chi connectivity index (χ2v) is 12.0. The quantitative estimate of drug-likeness (QED) is 0.0895. The molecule has 0 saturated carbocycles. The average molecular weight is 607 g/mol. The van der Waals surface area contributed by atoms with Crippen LogP contribution in [-0.2, 0) is 0 Å². The fourth-order valence-electron chi connectivity index (χ4n) is 6.01. The molecular weight excluding hydrogens is 560 g/mol. The molecule has 236 valence electrons. The van der Waals surface area contributed by atoms with Gasteiger partial charge in [0.25, 0.3) is 0 Å².